The Kier molecular flexibility index (Phi) is 7.96. The highest BCUT2D eigenvalue weighted by molar-refractivity contribution is 6.03. The van der Waals surface area contributed by atoms with E-state index in [1.54, 1.807) is 61.6 Å². The van der Waals surface area contributed by atoms with Crippen LogP contribution in [0.2, 0.25) is 0 Å². The van der Waals surface area contributed by atoms with Crippen LogP contribution in [0.25, 0.3) is 11.0 Å². The highest BCUT2D eigenvalue weighted by atomic mass is 16.5. The number of carbonyl (C=O) groups excluding carboxylic acids is 3. The fourth-order valence-corrected chi connectivity index (χ4v) is 4.74. The molecule has 0 bridgehead atoms. The van der Waals surface area contributed by atoms with Gasteiger partial charge >= 0.3 is 0 Å². The highest BCUT2D eigenvalue weighted by Crippen LogP contribution is 2.31. The molecule has 3 heterocycles. The molecule has 1 aliphatic heterocycles. The molecule has 0 saturated carbocycles. The lowest BCUT2D eigenvalue weighted by molar-refractivity contribution is -0.135. The van der Waals surface area contributed by atoms with Gasteiger partial charge in [-0.2, -0.15) is 0 Å². The molecule has 202 valence electrons. The lowest BCUT2D eigenvalue weighted by atomic mass is 10.0. The summed E-state index contributed by atoms with van der Waals surface area (Å²) in [6, 6.07) is 8.52. The van der Waals surface area contributed by atoms with Gasteiger partial charge in [0.15, 0.2) is 22.9 Å². The van der Waals surface area contributed by atoms with E-state index in [4.69, 9.17) is 9.84 Å². The van der Waals surface area contributed by atoms with Crippen molar-refractivity contribution in [2.75, 3.05) is 19.7 Å². The summed E-state index contributed by atoms with van der Waals surface area (Å²) in [4.78, 5) is 58.0. The first-order valence-electron chi connectivity index (χ1n) is 12.7. The van der Waals surface area contributed by atoms with Crippen molar-refractivity contribution >= 4 is 28.6 Å². The fourth-order valence-electron chi connectivity index (χ4n) is 4.74. The second-order valence-corrected chi connectivity index (χ2v) is 9.73. The summed E-state index contributed by atoms with van der Waals surface area (Å²) in [6.07, 6.45) is 0.737. The van der Waals surface area contributed by atoms with Gasteiger partial charge in [0.2, 0.25) is 5.91 Å². The van der Waals surface area contributed by atoms with Gasteiger partial charge in [0.1, 0.15) is 17.8 Å². The molecule has 0 spiro atoms. The standard InChI is InChI=1S/C27H33N5O6/c1-16(2)38-24-22-25(28-17(3)32(27(22)37)14-20(34)18-8-6-5-7-9-18)30(4)23(24)26(36)29-19-10-12-31(13-11-19)21(35)15-33/h5-9,16,19,33H,10-15H2,1-4H3,(H,29,36). The van der Waals surface area contributed by atoms with Crippen LogP contribution in [0.4, 0.5) is 0 Å². The zero-order valence-corrected chi connectivity index (χ0v) is 22.1. The molecule has 11 heteroatoms. The number of aromatic nitrogens is 3. The molecule has 4 rings (SSSR count). The van der Waals surface area contributed by atoms with Gasteiger partial charge in [-0.15, -0.1) is 0 Å². The second kappa shape index (κ2) is 11.2. The number of benzene rings is 1. The molecule has 1 fully saturated rings. The molecule has 11 nitrogen and oxygen atoms in total. The summed E-state index contributed by atoms with van der Waals surface area (Å²) < 4.78 is 8.87. The molecule has 1 aliphatic rings. The van der Waals surface area contributed by atoms with E-state index in [2.05, 4.69) is 10.3 Å². The Morgan fingerprint density at radius 2 is 1.82 bits per heavy atom. The van der Waals surface area contributed by atoms with Crippen molar-refractivity contribution in [2.24, 2.45) is 7.05 Å². The number of nitrogens with one attached hydrogen (secondary N) is 1. The van der Waals surface area contributed by atoms with Crippen LogP contribution in [-0.4, -0.2) is 73.6 Å². The van der Waals surface area contributed by atoms with Crippen molar-refractivity contribution in [3.8, 4) is 5.75 Å². The fraction of sp³-hybridized carbons (Fsp3) is 0.444. The Labute approximate surface area is 220 Å². The van der Waals surface area contributed by atoms with Crippen LogP contribution < -0.4 is 15.6 Å². The minimum atomic E-state index is -0.538. The summed E-state index contributed by atoms with van der Waals surface area (Å²) in [5.74, 6) is -0.516. The maximum Gasteiger partial charge on any atom is 0.272 e. The summed E-state index contributed by atoms with van der Waals surface area (Å²) >= 11 is 0. The number of ether oxygens (including phenoxy) is 1. The number of hydrogen-bond acceptors (Lipinski definition) is 7. The zero-order valence-electron chi connectivity index (χ0n) is 22.1. The average Bonchev–Trinajstić information content (AvgIpc) is 3.17. The molecule has 2 N–H and O–H groups in total. The Morgan fingerprint density at radius 1 is 1.16 bits per heavy atom. The van der Waals surface area contributed by atoms with E-state index >= 15 is 0 Å². The molecule has 2 amide bonds. The number of ketones is 1. The van der Waals surface area contributed by atoms with Gasteiger partial charge < -0.3 is 24.6 Å². The topological polar surface area (TPSA) is 136 Å². The molecular formula is C27H33N5O6. The van der Waals surface area contributed by atoms with Crippen LogP contribution in [0.5, 0.6) is 5.75 Å². The SMILES string of the molecule is Cc1nc2c(c(OC(C)C)c(C(=O)NC3CCN(C(=O)CO)CC3)n2C)c(=O)n1CC(=O)c1ccccc1. The number of Topliss-reactive ketones (excluding diaryl/α,β-unsaturated/α-hetero) is 1. The van der Waals surface area contributed by atoms with Crippen molar-refractivity contribution in [3.63, 3.8) is 0 Å². The van der Waals surface area contributed by atoms with E-state index < -0.39 is 18.1 Å². The third-order valence-corrected chi connectivity index (χ3v) is 6.72. The lowest BCUT2D eigenvalue weighted by Crippen LogP contribution is -2.47. The minimum Gasteiger partial charge on any atom is -0.488 e. The van der Waals surface area contributed by atoms with E-state index in [-0.39, 0.29) is 47.2 Å². The normalized spacial score (nSPS) is 14.2. The summed E-state index contributed by atoms with van der Waals surface area (Å²) in [6.45, 7) is 5.37. The maximum absolute atomic E-state index is 13.7. The number of rotatable bonds is 8. The van der Waals surface area contributed by atoms with E-state index in [1.165, 1.54) is 4.57 Å². The van der Waals surface area contributed by atoms with Crippen LogP contribution >= 0.6 is 0 Å². The number of aryl methyl sites for hydroxylation is 2. The molecule has 2 aromatic heterocycles. The molecule has 0 radical (unpaired) electrons. The maximum atomic E-state index is 13.7. The molecule has 0 atom stereocenters. The first kappa shape index (κ1) is 27.1. The van der Waals surface area contributed by atoms with E-state index in [0.29, 0.717) is 43.0 Å². The van der Waals surface area contributed by atoms with Crippen molar-refractivity contribution < 1.29 is 24.2 Å². The smallest absolute Gasteiger partial charge is 0.272 e. The lowest BCUT2D eigenvalue weighted by Gasteiger charge is -2.32. The second-order valence-electron chi connectivity index (χ2n) is 9.73. The van der Waals surface area contributed by atoms with Gasteiger partial charge in [-0.25, -0.2) is 4.98 Å². The number of aliphatic hydroxyl groups is 1. The number of likely N-dealkylation sites (tertiary alicyclic amines) is 1. The predicted octanol–water partition coefficient (Wildman–Crippen LogP) is 1.43. The number of fused-ring (bicyclic) bond motifs is 1. The van der Waals surface area contributed by atoms with Crippen LogP contribution in [0, 0.1) is 6.92 Å². The number of amides is 2. The Balaban J connectivity index is 1.69. The first-order valence-corrected chi connectivity index (χ1v) is 12.7. The number of piperidine rings is 1. The minimum absolute atomic E-state index is 0.126. The molecule has 3 aromatic rings. The Morgan fingerprint density at radius 3 is 2.42 bits per heavy atom. The summed E-state index contributed by atoms with van der Waals surface area (Å²) in [5.41, 5.74) is 0.481. The van der Waals surface area contributed by atoms with Gasteiger partial charge in [-0.05, 0) is 33.6 Å². The van der Waals surface area contributed by atoms with Crippen molar-refractivity contribution in [3.05, 3.63) is 57.8 Å². The summed E-state index contributed by atoms with van der Waals surface area (Å²) in [5, 5.41) is 12.2. The zero-order chi connectivity index (χ0) is 27.6. The monoisotopic (exact) mass is 523 g/mol. The molecule has 1 saturated heterocycles. The van der Waals surface area contributed by atoms with E-state index in [1.807, 2.05) is 6.07 Å². The van der Waals surface area contributed by atoms with Gasteiger partial charge in [-0.3, -0.25) is 23.7 Å². The average molecular weight is 524 g/mol. The summed E-state index contributed by atoms with van der Waals surface area (Å²) in [7, 11) is 1.65. The van der Waals surface area contributed by atoms with E-state index in [9.17, 15) is 19.2 Å². The molecule has 0 unspecified atom stereocenters. The van der Waals surface area contributed by atoms with Crippen molar-refractivity contribution in [2.45, 2.75) is 52.3 Å². The van der Waals surface area contributed by atoms with Crippen molar-refractivity contribution in [1.29, 1.82) is 0 Å². The number of nitrogens with zero attached hydrogens (tertiary/aromatic N) is 4. The predicted molar refractivity (Wildman–Crippen MR) is 140 cm³/mol. The Hall–Kier alpha value is -3.99. The van der Waals surface area contributed by atoms with Crippen LogP contribution in [0.3, 0.4) is 0 Å². The van der Waals surface area contributed by atoms with Crippen LogP contribution in [0.15, 0.2) is 35.1 Å². The quantitative estimate of drug-likeness (QED) is 0.426. The third-order valence-electron chi connectivity index (χ3n) is 6.72. The first-order chi connectivity index (χ1) is 18.1. The van der Waals surface area contributed by atoms with Gasteiger partial charge in [0, 0.05) is 31.7 Å². The van der Waals surface area contributed by atoms with Crippen molar-refractivity contribution in [1.82, 2.24) is 24.3 Å². The number of carbonyl (C=O) groups is 3. The van der Waals surface area contributed by atoms with Gasteiger partial charge in [0.05, 0.1) is 12.6 Å². The molecule has 0 aliphatic carbocycles. The molecule has 1 aromatic carbocycles. The number of hydrogen-bond donors (Lipinski definition) is 2. The molecular weight excluding hydrogens is 490 g/mol. The van der Waals surface area contributed by atoms with E-state index in [0.717, 1.165) is 0 Å². The largest absolute Gasteiger partial charge is 0.488 e. The van der Waals surface area contributed by atoms with Crippen LogP contribution in [-0.2, 0) is 18.4 Å². The van der Waals surface area contributed by atoms with Gasteiger partial charge in [-0.1, -0.05) is 30.3 Å². The number of aliphatic hydroxyl groups excluding tert-OH is 1. The molecule has 38 heavy (non-hydrogen) atoms. The van der Waals surface area contributed by atoms with Crippen LogP contribution in [0.1, 0.15) is 53.4 Å². The highest BCUT2D eigenvalue weighted by Gasteiger charge is 2.30. The van der Waals surface area contributed by atoms with Gasteiger partial charge in [0.25, 0.3) is 11.5 Å². The Bertz CT molecular complexity index is 1420. The third kappa shape index (κ3) is 5.33.